The molecule has 24 heavy (non-hydrogen) atoms. The second-order valence-corrected chi connectivity index (χ2v) is 8.05. The lowest BCUT2D eigenvalue weighted by Crippen LogP contribution is -2.35. The number of halogens is 1. The first-order valence-corrected chi connectivity index (χ1v) is 9.48. The molecule has 1 aromatic rings. The van der Waals surface area contributed by atoms with Gasteiger partial charge in [0.1, 0.15) is 10.7 Å². The third-order valence-electron chi connectivity index (χ3n) is 3.87. The lowest BCUT2D eigenvalue weighted by atomic mass is 10.2. The number of likely N-dealkylation sites (N-methyl/N-ethyl adjacent to an activating group) is 1. The Kier molecular flexibility index (Phi) is 5.95. The van der Waals surface area contributed by atoms with Crippen molar-refractivity contribution in [2.24, 2.45) is 0 Å². The van der Waals surface area contributed by atoms with Crippen molar-refractivity contribution in [3.63, 3.8) is 0 Å². The summed E-state index contributed by atoms with van der Waals surface area (Å²) in [4.78, 5) is 16.0. The average molecular weight is 357 g/mol. The highest BCUT2D eigenvalue weighted by molar-refractivity contribution is 7.89. The van der Waals surface area contributed by atoms with E-state index in [9.17, 15) is 17.6 Å². The number of benzene rings is 1. The van der Waals surface area contributed by atoms with Crippen LogP contribution in [-0.2, 0) is 10.0 Å². The van der Waals surface area contributed by atoms with E-state index in [4.69, 9.17) is 0 Å². The fourth-order valence-electron chi connectivity index (χ4n) is 2.65. The lowest BCUT2D eigenvalue weighted by molar-refractivity contribution is 0.0762. The van der Waals surface area contributed by atoms with E-state index < -0.39 is 20.7 Å². The van der Waals surface area contributed by atoms with Crippen molar-refractivity contribution in [1.82, 2.24) is 14.5 Å². The Morgan fingerprint density at radius 3 is 2.58 bits per heavy atom. The molecule has 1 N–H and O–H groups in total. The van der Waals surface area contributed by atoms with Gasteiger partial charge in [0, 0.05) is 31.2 Å². The number of nitrogens with zero attached hydrogens (tertiary/aromatic N) is 2. The Hall–Kier alpha value is -1.51. The molecule has 0 spiro atoms. The number of amides is 1. The van der Waals surface area contributed by atoms with Crippen molar-refractivity contribution in [3.8, 4) is 0 Å². The maximum atomic E-state index is 14.0. The van der Waals surface area contributed by atoms with E-state index in [0.717, 1.165) is 31.6 Å². The minimum Gasteiger partial charge on any atom is -0.337 e. The van der Waals surface area contributed by atoms with Gasteiger partial charge in [-0.15, -0.1) is 0 Å². The maximum absolute atomic E-state index is 14.0. The Bertz CT molecular complexity index is 707. The third-order valence-corrected chi connectivity index (χ3v) is 5.54. The lowest BCUT2D eigenvalue weighted by Gasteiger charge is -2.21. The predicted octanol–water partition coefficient (Wildman–Crippen LogP) is 1.29. The van der Waals surface area contributed by atoms with Gasteiger partial charge in [0.15, 0.2) is 0 Å². The van der Waals surface area contributed by atoms with E-state index in [1.165, 1.54) is 6.07 Å². The van der Waals surface area contributed by atoms with E-state index in [1.54, 1.807) is 18.7 Å². The van der Waals surface area contributed by atoms with Crippen LogP contribution in [0.3, 0.4) is 0 Å². The molecule has 8 heteroatoms. The zero-order valence-corrected chi connectivity index (χ0v) is 15.1. The highest BCUT2D eigenvalue weighted by Crippen LogP contribution is 2.18. The molecule has 1 heterocycles. The van der Waals surface area contributed by atoms with Crippen molar-refractivity contribution < 1.29 is 17.6 Å². The molecular formula is C16H24FN3O3S. The van der Waals surface area contributed by atoms with Crippen LogP contribution >= 0.6 is 0 Å². The van der Waals surface area contributed by atoms with E-state index >= 15 is 0 Å². The number of rotatable bonds is 4. The van der Waals surface area contributed by atoms with Crippen LogP contribution in [0.5, 0.6) is 0 Å². The summed E-state index contributed by atoms with van der Waals surface area (Å²) in [7, 11) is -2.00. The number of carbonyl (C=O) groups excluding carboxylic acids is 1. The quantitative estimate of drug-likeness (QED) is 0.882. The van der Waals surface area contributed by atoms with Crippen LogP contribution in [0.2, 0.25) is 0 Å². The van der Waals surface area contributed by atoms with Gasteiger partial charge in [0.2, 0.25) is 10.0 Å². The fraction of sp³-hybridized carbons (Fsp3) is 0.562. The monoisotopic (exact) mass is 357 g/mol. The molecule has 0 unspecified atom stereocenters. The SMILES string of the molecule is CC(C)NS(=O)(=O)c1cc(C(=O)N2CCCN(C)CC2)ccc1F. The van der Waals surface area contributed by atoms with Crippen molar-refractivity contribution >= 4 is 15.9 Å². The zero-order chi connectivity index (χ0) is 17.9. The van der Waals surface area contributed by atoms with Gasteiger partial charge in [0.25, 0.3) is 5.91 Å². The molecule has 134 valence electrons. The number of nitrogens with one attached hydrogen (secondary N) is 1. The van der Waals surface area contributed by atoms with Gasteiger partial charge in [0.05, 0.1) is 0 Å². The van der Waals surface area contributed by atoms with Crippen molar-refractivity contribution in [1.29, 1.82) is 0 Å². The molecule has 6 nitrogen and oxygen atoms in total. The molecule has 0 aliphatic carbocycles. The highest BCUT2D eigenvalue weighted by Gasteiger charge is 2.24. The van der Waals surface area contributed by atoms with Gasteiger partial charge in [-0.25, -0.2) is 17.5 Å². The largest absolute Gasteiger partial charge is 0.337 e. The molecule has 1 aliphatic heterocycles. The van der Waals surface area contributed by atoms with Gasteiger partial charge in [-0.2, -0.15) is 0 Å². The van der Waals surface area contributed by atoms with Crippen molar-refractivity contribution in [2.75, 3.05) is 33.2 Å². The second kappa shape index (κ2) is 7.58. The van der Waals surface area contributed by atoms with Crippen LogP contribution in [0.15, 0.2) is 23.1 Å². The number of hydrogen-bond acceptors (Lipinski definition) is 4. The van der Waals surface area contributed by atoms with Crippen molar-refractivity contribution in [2.45, 2.75) is 31.2 Å². The van der Waals surface area contributed by atoms with E-state index in [1.807, 2.05) is 7.05 Å². The fourth-order valence-corrected chi connectivity index (χ4v) is 4.00. The summed E-state index contributed by atoms with van der Waals surface area (Å²) < 4.78 is 40.8. The summed E-state index contributed by atoms with van der Waals surface area (Å²) in [6, 6.07) is 3.12. The second-order valence-electron chi connectivity index (χ2n) is 6.37. The number of hydrogen-bond donors (Lipinski definition) is 1. The Morgan fingerprint density at radius 1 is 1.21 bits per heavy atom. The molecule has 1 amide bonds. The molecular weight excluding hydrogens is 333 g/mol. The highest BCUT2D eigenvalue weighted by atomic mass is 32.2. The van der Waals surface area contributed by atoms with Gasteiger partial charge < -0.3 is 9.80 Å². The predicted molar refractivity (Wildman–Crippen MR) is 89.9 cm³/mol. The first-order valence-electron chi connectivity index (χ1n) is 8.00. The third kappa shape index (κ3) is 4.52. The molecule has 1 aliphatic rings. The first-order chi connectivity index (χ1) is 11.2. The van der Waals surface area contributed by atoms with Gasteiger partial charge >= 0.3 is 0 Å². The molecule has 2 rings (SSSR count). The number of carbonyl (C=O) groups is 1. The molecule has 0 radical (unpaired) electrons. The smallest absolute Gasteiger partial charge is 0.253 e. The van der Waals surface area contributed by atoms with Crippen LogP contribution in [0.4, 0.5) is 4.39 Å². The summed E-state index contributed by atoms with van der Waals surface area (Å²) in [5, 5.41) is 0. The maximum Gasteiger partial charge on any atom is 0.253 e. The summed E-state index contributed by atoms with van der Waals surface area (Å²) in [5.74, 6) is -1.14. The summed E-state index contributed by atoms with van der Waals surface area (Å²) in [6.45, 7) is 6.14. The average Bonchev–Trinajstić information content (AvgIpc) is 2.70. The van der Waals surface area contributed by atoms with Crippen LogP contribution in [0, 0.1) is 5.82 Å². The Balaban J connectivity index is 2.28. The Labute approximate surface area is 142 Å². The van der Waals surface area contributed by atoms with Gasteiger partial charge in [-0.05, 0) is 52.1 Å². The van der Waals surface area contributed by atoms with Crippen LogP contribution < -0.4 is 4.72 Å². The summed E-state index contributed by atoms with van der Waals surface area (Å²) in [6.07, 6.45) is 0.851. The molecule has 0 saturated carbocycles. The molecule has 1 fully saturated rings. The van der Waals surface area contributed by atoms with Crippen molar-refractivity contribution in [3.05, 3.63) is 29.6 Å². The topological polar surface area (TPSA) is 69.7 Å². The molecule has 1 saturated heterocycles. The molecule has 0 atom stereocenters. The minimum absolute atomic E-state index is 0.185. The van der Waals surface area contributed by atoms with Crippen LogP contribution in [0.1, 0.15) is 30.6 Å². The van der Waals surface area contributed by atoms with Gasteiger partial charge in [-0.1, -0.05) is 0 Å². The molecule has 0 bridgehead atoms. The Morgan fingerprint density at radius 2 is 1.92 bits per heavy atom. The van der Waals surface area contributed by atoms with E-state index in [0.29, 0.717) is 13.1 Å². The van der Waals surface area contributed by atoms with E-state index in [-0.39, 0.29) is 17.5 Å². The van der Waals surface area contributed by atoms with Gasteiger partial charge in [-0.3, -0.25) is 4.79 Å². The summed E-state index contributed by atoms with van der Waals surface area (Å²) >= 11 is 0. The minimum atomic E-state index is -4.00. The van der Waals surface area contributed by atoms with Crippen LogP contribution in [0.25, 0.3) is 0 Å². The standard InChI is InChI=1S/C16H24FN3O3S/c1-12(2)18-24(22,23)15-11-13(5-6-14(15)17)16(21)20-8-4-7-19(3)9-10-20/h5-6,11-12,18H,4,7-10H2,1-3H3. The van der Waals surface area contributed by atoms with Crippen LogP contribution in [-0.4, -0.2) is 63.4 Å². The molecule has 1 aromatic carbocycles. The molecule has 0 aromatic heterocycles. The number of sulfonamides is 1. The normalized spacial score (nSPS) is 17.1. The first kappa shape index (κ1) is 18.8. The van der Waals surface area contributed by atoms with E-state index in [2.05, 4.69) is 9.62 Å². The summed E-state index contributed by atoms with van der Waals surface area (Å²) in [5.41, 5.74) is 0.185. The zero-order valence-electron chi connectivity index (χ0n) is 14.3.